The van der Waals surface area contributed by atoms with E-state index in [1.165, 1.54) is 12.1 Å². The number of nitro groups is 1. The molecule has 1 aromatic heterocycles. The number of hydrogen-bond acceptors (Lipinski definition) is 6. The van der Waals surface area contributed by atoms with E-state index in [4.69, 9.17) is 9.52 Å². The first kappa shape index (κ1) is 17.7. The molecular formula is C18H14N2O5S. The Morgan fingerprint density at radius 2 is 1.81 bits per heavy atom. The topological polar surface area (TPSA) is 106 Å². The second kappa shape index (κ2) is 7.40. The fourth-order valence-corrected chi connectivity index (χ4v) is 2.95. The molecule has 132 valence electrons. The van der Waals surface area contributed by atoms with E-state index < -0.39 is 16.1 Å². The van der Waals surface area contributed by atoms with Crippen LogP contribution in [-0.2, 0) is 4.79 Å². The van der Waals surface area contributed by atoms with Crippen LogP contribution in [-0.4, -0.2) is 26.2 Å². The van der Waals surface area contributed by atoms with Crippen LogP contribution in [0.3, 0.4) is 0 Å². The molecule has 0 saturated heterocycles. The van der Waals surface area contributed by atoms with Gasteiger partial charge in [0.25, 0.3) is 10.9 Å². The van der Waals surface area contributed by atoms with Crippen molar-refractivity contribution in [2.24, 2.45) is 0 Å². The van der Waals surface area contributed by atoms with Gasteiger partial charge in [-0.05, 0) is 19.1 Å². The summed E-state index contributed by atoms with van der Waals surface area (Å²) >= 11 is 0.999. The molecule has 1 atom stereocenters. The first-order chi connectivity index (χ1) is 12.5. The lowest BCUT2D eigenvalue weighted by atomic mass is 10.1. The predicted molar refractivity (Wildman–Crippen MR) is 97.0 cm³/mol. The number of oxazole rings is 1. The van der Waals surface area contributed by atoms with Crippen molar-refractivity contribution in [3.8, 4) is 22.6 Å². The summed E-state index contributed by atoms with van der Waals surface area (Å²) in [6.45, 7) is 1.55. The summed E-state index contributed by atoms with van der Waals surface area (Å²) in [4.78, 5) is 25.9. The molecular weight excluding hydrogens is 356 g/mol. The highest BCUT2D eigenvalue weighted by atomic mass is 32.2. The van der Waals surface area contributed by atoms with Gasteiger partial charge >= 0.3 is 5.97 Å². The van der Waals surface area contributed by atoms with Gasteiger partial charge in [0.1, 0.15) is 10.9 Å². The number of carboxylic acids is 1. The Labute approximate surface area is 152 Å². The van der Waals surface area contributed by atoms with Crippen LogP contribution >= 0.6 is 11.8 Å². The van der Waals surface area contributed by atoms with Gasteiger partial charge in [-0.2, -0.15) is 0 Å². The molecule has 7 nitrogen and oxygen atoms in total. The van der Waals surface area contributed by atoms with E-state index in [2.05, 4.69) is 4.98 Å². The summed E-state index contributed by atoms with van der Waals surface area (Å²) in [7, 11) is 0. The fourth-order valence-electron chi connectivity index (χ4n) is 2.27. The monoisotopic (exact) mass is 370 g/mol. The van der Waals surface area contributed by atoms with Gasteiger partial charge in [0.05, 0.1) is 4.92 Å². The minimum atomic E-state index is -0.966. The number of hydrogen-bond donors (Lipinski definition) is 1. The first-order valence-corrected chi connectivity index (χ1v) is 8.54. The number of aromatic nitrogens is 1. The molecule has 0 bridgehead atoms. The number of nitro benzene ring substituents is 1. The van der Waals surface area contributed by atoms with Crippen molar-refractivity contribution in [3.05, 3.63) is 64.7 Å². The molecule has 8 heteroatoms. The van der Waals surface area contributed by atoms with E-state index in [0.29, 0.717) is 17.0 Å². The number of rotatable bonds is 6. The van der Waals surface area contributed by atoms with E-state index in [-0.39, 0.29) is 10.9 Å². The maximum Gasteiger partial charge on any atom is 0.316 e. The highest BCUT2D eigenvalue weighted by Crippen LogP contribution is 2.37. The Kier molecular flexibility index (Phi) is 5.04. The third kappa shape index (κ3) is 3.75. The van der Waals surface area contributed by atoms with Crippen LogP contribution in [0.2, 0.25) is 0 Å². The summed E-state index contributed by atoms with van der Waals surface area (Å²) in [5, 5.41) is 19.4. The highest BCUT2D eigenvalue weighted by Gasteiger charge is 2.21. The molecule has 0 amide bonds. The van der Waals surface area contributed by atoms with Crippen LogP contribution < -0.4 is 0 Å². The molecule has 3 rings (SSSR count). The third-order valence-corrected chi connectivity index (χ3v) is 4.55. The average molecular weight is 370 g/mol. The van der Waals surface area contributed by atoms with Crippen LogP contribution in [0.5, 0.6) is 0 Å². The Bertz CT molecular complexity index is 938. The van der Waals surface area contributed by atoms with Gasteiger partial charge in [-0.15, -0.1) is 0 Å². The normalized spacial score (nSPS) is 11.9. The molecule has 1 unspecified atom stereocenters. The summed E-state index contributed by atoms with van der Waals surface area (Å²) in [6, 6.07) is 15.3. The zero-order chi connectivity index (χ0) is 18.7. The van der Waals surface area contributed by atoms with Crippen LogP contribution in [0.1, 0.15) is 6.92 Å². The zero-order valence-electron chi connectivity index (χ0n) is 13.7. The molecule has 0 radical (unpaired) electrons. The second-order valence-corrected chi connectivity index (χ2v) is 6.72. The molecule has 1 N–H and O–H groups in total. The van der Waals surface area contributed by atoms with E-state index >= 15 is 0 Å². The Morgan fingerprint density at radius 3 is 2.38 bits per heavy atom. The Balaban J connectivity index is 2.05. The number of aliphatic carboxylic acids is 1. The molecule has 0 aliphatic rings. The van der Waals surface area contributed by atoms with Gasteiger partial charge in [0, 0.05) is 23.3 Å². The number of carboxylic acid groups (broad SMARTS) is 1. The molecule has 1 heterocycles. The summed E-state index contributed by atoms with van der Waals surface area (Å²) in [6.07, 6.45) is 0. The molecule has 0 spiro atoms. The van der Waals surface area contributed by atoms with E-state index in [1.54, 1.807) is 19.1 Å². The number of nitrogens with zero attached hydrogens (tertiary/aromatic N) is 2. The van der Waals surface area contributed by atoms with Crippen LogP contribution in [0, 0.1) is 10.1 Å². The molecule has 2 aromatic carbocycles. The van der Waals surface area contributed by atoms with Crippen molar-refractivity contribution < 1.29 is 19.2 Å². The van der Waals surface area contributed by atoms with Crippen molar-refractivity contribution in [2.75, 3.05) is 0 Å². The Hall–Kier alpha value is -3.13. The van der Waals surface area contributed by atoms with Crippen molar-refractivity contribution in [1.29, 1.82) is 0 Å². The third-order valence-electron chi connectivity index (χ3n) is 3.62. The number of carbonyl (C=O) groups is 1. The number of thioether (sulfide) groups is 1. The fraction of sp³-hybridized carbons (Fsp3) is 0.111. The summed E-state index contributed by atoms with van der Waals surface area (Å²) < 4.78 is 5.81. The second-order valence-electron chi connectivity index (χ2n) is 5.43. The van der Waals surface area contributed by atoms with E-state index in [0.717, 1.165) is 17.3 Å². The summed E-state index contributed by atoms with van der Waals surface area (Å²) in [5.74, 6) is -0.481. The van der Waals surface area contributed by atoms with E-state index in [9.17, 15) is 14.9 Å². The van der Waals surface area contributed by atoms with Crippen molar-refractivity contribution in [1.82, 2.24) is 4.98 Å². The van der Waals surface area contributed by atoms with Gasteiger partial charge in [-0.3, -0.25) is 14.9 Å². The lowest BCUT2D eigenvalue weighted by Gasteiger charge is -2.01. The average Bonchev–Trinajstić information content (AvgIpc) is 3.06. The van der Waals surface area contributed by atoms with Gasteiger partial charge < -0.3 is 9.52 Å². The smallest absolute Gasteiger partial charge is 0.316 e. The van der Waals surface area contributed by atoms with Crippen molar-refractivity contribution >= 4 is 23.4 Å². The molecule has 0 saturated carbocycles. The molecule has 0 aliphatic heterocycles. The minimum Gasteiger partial charge on any atom is -0.480 e. The van der Waals surface area contributed by atoms with Crippen molar-refractivity contribution in [3.63, 3.8) is 0 Å². The number of non-ortho nitro benzene ring substituents is 1. The number of benzene rings is 2. The van der Waals surface area contributed by atoms with Gasteiger partial charge in [0.15, 0.2) is 5.76 Å². The standard InChI is InChI=1S/C18H14N2O5S/c1-11(17(21)22)26-18-19-15(12-7-9-14(10-8-12)20(23)24)16(25-18)13-5-3-2-4-6-13/h2-11H,1H3,(H,21,22). The quantitative estimate of drug-likeness (QED) is 0.387. The summed E-state index contributed by atoms with van der Waals surface area (Å²) in [5.41, 5.74) is 1.91. The van der Waals surface area contributed by atoms with Crippen LogP contribution in [0.4, 0.5) is 5.69 Å². The largest absolute Gasteiger partial charge is 0.480 e. The van der Waals surface area contributed by atoms with Gasteiger partial charge in [-0.1, -0.05) is 42.1 Å². The lowest BCUT2D eigenvalue weighted by Crippen LogP contribution is -2.10. The van der Waals surface area contributed by atoms with E-state index in [1.807, 2.05) is 30.3 Å². The Morgan fingerprint density at radius 1 is 1.15 bits per heavy atom. The van der Waals surface area contributed by atoms with Crippen LogP contribution in [0.15, 0.2) is 64.2 Å². The zero-order valence-corrected chi connectivity index (χ0v) is 14.5. The highest BCUT2D eigenvalue weighted by molar-refractivity contribution is 8.00. The minimum absolute atomic E-state index is 0.0207. The molecule has 0 fully saturated rings. The van der Waals surface area contributed by atoms with Crippen LogP contribution in [0.25, 0.3) is 22.6 Å². The van der Waals surface area contributed by atoms with Crippen molar-refractivity contribution in [2.45, 2.75) is 17.4 Å². The molecule has 0 aliphatic carbocycles. The lowest BCUT2D eigenvalue weighted by molar-refractivity contribution is -0.384. The predicted octanol–water partition coefficient (Wildman–Crippen LogP) is 4.48. The maximum absolute atomic E-state index is 11.1. The maximum atomic E-state index is 11.1. The SMILES string of the molecule is CC(Sc1nc(-c2ccc([N+](=O)[O-])cc2)c(-c2ccccc2)o1)C(=O)O. The van der Waals surface area contributed by atoms with Gasteiger partial charge in [0.2, 0.25) is 0 Å². The van der Waals surface area contributed by atoms with Gasteiger partial charge in [-0.25, -0.2) is 4.98 Å². The molecule has 26 heavy (non-hydrogen) atoms. The molecule has 3 aromatic rings. The first-order valence-electron chi connectivity index (χ1n) is 7.66.